The second-order valence-electron chi connectivity index (χ2n) is 11.3. The number of carbonyl (C=O) groups is 2. The molecule has 0 saturated heterocycles. The lowest BCUT2D eigenvalue weighted by molar-refractivity contribution is -0.130. The van der Waals surface area contributed by atoms with Crippen LogP contribution in [0.2, 0.25) is 5.02 Å². The number of hydrogen-bond donors (Lipinski definition) is 1. The van der Waals surface area contributed by atoms with Gasteiger partial charge in [0.05, 0.1) is 18.2 Å². The number of nitrogens with two attached hydrogens (primary N) is 1. The zero-order valence-electron chi connectivity index (χ0n) is 25.4. The van der Waals surface area contributed by atoms with E-state index >= 15 is 0 Å². The first-order chi connectivity index (χ1) is 22.7. The van der Waals surface area contributed by atoms with E-state index in [-0.39, 0.29) is 18.4 Å². The molecule has 5 aromatic rings. The molecule has 47 heavy (non-hydrogen) atoms. The largest absolute Gasteiger partial charge is 0.369 e. The SMILES string of the molecule is CN(Cc1ccc(Cl)cc1)C(=O)c1cccc(CN2C(=O)C(c3ccc(F)cc3)(c3cccc(-c4cccc(C#N)c4)c3)N=C2N)c1. The number of amides is 2. The first-order valence-electron chi connectivity index (χ1n) is 14.8. The molecule has 1 aliphatic heterocycles. The van der Waals surface area contributed by atoms with E-state index in [9.17, 15) is 19.2 Å². The van der Waals surface area contributed by atoms with Gasteiger partial charge in [0.2, 0.25) is 0 Å². The summed E-state index contributed by atoms with van der Waals surface area (Å²) in [5.74, 6) is -1.06. The molecule has 0 aliphatic carbocycles. The Hall–Kier alpha value is -5.78. The third kappa shape index (κ3) is 6.22. The quantitative estimate of drug-likeness (QED) is 0.199. The Kier molecular flexibility index (Phi) is 8.57. The molecule has 1 unspecified atom stereocenters. The van der Waals surface area contributed by atoms with Crippen LogP contribution in [-0.4, -0.2) is 34.6 Å². The highest BCUT2D eigenvalue weighted by Gasteiger charge is 2.50. The zero-order valence-corrected chi connectivity index (χ0v) is 26.2. The van der Waals surface area contributed by atoms with Gasteiger partial charge in [-0.25, -0.2) is 9.38 Å². The molecule has 0 radical (unpaired) electrons. The summed E-state index contributed by atoms with van der Waals surface area (Å²) in [6, 6.07) is 36.6. The van der Waals surface area contributed by atoms with Crippen LogP contribution in [0.4, 0.5) is 4.39 Å². The van der Waals surface area contributed by atoms with Gasteiger partial charge < -0.3 is 10.6 Å². The van der Waals surface area contributed by atoms with E-state index in [0.717, 1.165) is 16.7 Å². The number of hydrogen-bond acceptors (Lipinski definition) is 5. The fourth-order valence-corrected chi connectivity index (χ4v) is 5.93. The summed E-state index contributed by atoms with van der Waals surface area (Å²) in [5.41, 5.74) is 10.0. The van der Waals surface area contributed by atoms with E-state index in [1.165, 1.54) is 29.2 Å². The number of carbonyl (C=O) groups excluding carboxylic acids is 2. The van der Waals surface area contributed by atoms with Crippen LogP contribution in [-0.2, 0) is 23.4 Å². The average Bonchev–Trinajstić information content (AvgIpc) is 3.35. The van der Waals surface area contributed by atoms with Gasteiger partial charge in [0.15, 0.2) is 11.5 Å². The summed E-state index contributed by atoms with van der Waals surface area (Å²) in [6.45, 7) is 0.452. The van der Waals surface area contributed by atoms with Gasteiger partial charge >= 0.3 is 0 Å². The van der Waals surface area contributed by atoms with E-state index in [1.54, 1.807) is 66.5 Å². The number of rotatable bonds is 8. The van der Waals surface area contributed by atoms with Gasteiger partial charge in [0.1, 0.15) is 5.82 Å². The van der Waals surface area contributed by atoms with Crippen LogP contribution in [0.5, 0.6) is 0 Å². The van der Waals surface area contributed by atoms with E-state index < -0.39 is 17.3 Å². The fraction of sp³-hybridized carbons (Fsp3) is 0.105. The van der Waals surface area contributed by atoms with Crippen molar-refractivity contribution in [2.75, 3.05) is 7.05 Å². The summed E-state index contributed by atoms with van der Waals surface area (Å²) in [5, 5.41) is 10.0. The van der Waals surface area contributed by atoms with Crippen molar-refractivity contribution in [1.82, 2.24) is 9.80 Å². The Bertz CT molecular complexity index is 2060. The molecule has 0 saturated carbocycles. The Morgan fingerprint density at radius 1 is 0.894 bits per heavy atom. The summed E-state index contributed by atoms with van der Waals surface area (Å²) < 4.78 is 14.1. The second-order valence-corrected chi connectivity index (χ2v) is 11.8. The number of guanidine groups is 1. The minimum atomic E-state index is -1.59. The number of nitriles is 1. The highest BCUT2D eigenvalue weighted by Crippen LogP contribution is 2.41. The topological polar surface area (TPSA) is 103 Å². The number of halogens is 2. The predicted molar refractivity (Wildman–Crippen MR) is 180 cm³/mol. The third-order valence-corrected chi connectivity index (χ3v) is 8.43. The minimum absolute atomic E-state index is 0.00667. The normalized spacial score (nSPS) is 15.7. The van der Waals surface area contributed by atoms with Crippen LogP contribution >= 0.6 is 11.6 Å². The van der Waals surface area contributed by atoms with Gasteiger partial charge in [-0.15, -0.1) is 0 Å². The molecule has 1 aliphatic rings. The highest BCUT2D eigenvalue weighted by molar-refractivity contribution is 6.30. The van der Waals surface area contributed by atoms with Crippen LogP contribution < -0.4 is 5.73 Å². The summed E-state index contributed by atoms with van der Waals surface area (Å²) in [6.07, 6.45) is 0. The van der Waals surface area contributed by atoms with Gasteiger partial charge in [-0.05, 0) is 88.0 Å². The molecule has 1 heterocycles. The lowest BCUT2D eigenvalue weighted by atomic mass is 9.81. The van der Waals surface area contributed by atoms with Crippen LogP contribution in [0.3, 0.4) is 0 Å². The molecule has 7 nitrogen and oxygen atoms in total. The van der Waals surface area contributed by atoms with Gasteiger partial charge in [-0.3, -0.25) is 14.5 Å². The maximum Gasteiger partial charge on any atom is 0.266 e. The van der Waals surface area contributed by atoms with Crippen LogP contribution in [0.1, 0.15) is 38.2 Å². The summed E-state index contributed by atoms with van der Waals surface area (Å²) in [7, 11) is 1.72. The first-order valence-corrected chi connectivity index (χ1v) is 15.2. The Labute approximate surface area is 277 Å². The van der Waals surface area contributed by atoms with Gasteiger partial charge in [0, 0.05) is 24.2 Å². The van der Waals surface area contributed by atoms with Crippen molar-refractivity contribution in [2.24, 2.45) is 10.7 Å². The van der Waals surface area contributed by atoms with Gasteiger partial charge in [-0.1, -0.05) is 78.3 Å². The van der Waals surface area contributed by atoms with Crippen molar-refractivity contribution in [2.45, 2.75) is 18.6 Å². The van der Waals surface area contributed by atoms with E-state index in [0.29, 0.717) is 39.4 Å². The Morgan fingerprint density at radius 3 is 2.30 bits per heavy atom. The molecule has 9 heteroatoms. The molecule has 6 rings (SSSR count). The lowest BCUT2D eigenvalue weighted by Gasteiger charge is -2.28. The van der Waals surface area contributed by atoms with Crippen molar-refractivity contribution in [3.05, 3.63) is 166 Å². The smallest absolute Gasteiger partial charge is 0.266 e. The van der Waals surface area contributed by atoms with E-state index in [1.807, 2.05) is 42.5 Å². The number of benzene rings is 5. The average molecular weight is 642 g/mol. The van der Waals surface area contributed by atoms with Crippen LogP contribution in [0, 0.1) is 17.1 Å². The van der Waals surface area contributed by atoms with Gasteiger partial charge in [0.25, 0.3) is 11.8 Å². The highest BCUT2D eigenvalue weighted by atomic mass is 35.5. The molecule has 1 atom stereocenters. The van der Waals surface area contributed by atoms with Crippen molar-refractivity contribution in [1.29, 1.82) is 5.26 Å². The molecule has 0 spiro atoms. The number of nitrogens with zero attached hydrogens (tertiary/aromatic N) is 4. The number of aliphatic imine (C=N–C) groups is 1. The first kappa shape index (κ1) is 31.2. The third-order valence-electron chi connectivity index (χ3n) is 8.18. The molecule has 0 aromatic heterocycles. The maximum absolute atomic E-state index is 14.5. The van der Waals surface area contributed by atoms with Crippen LogP contribution in [0.15, 0.2) is 126 Å². The Morgan fingerprint density at radius 2 is 1.57 bits per heavy atom. The standard InChI is InChI=1S/C38H29ClFN5O2/c1-44(23-25-11-15-33(39)16-12-25)35(46)30-9-3-6-27(20-30)24-45-36(47)38(43-37(45)42,31-13-17-34(40)18-14-31)32-10-4-8-29(21-32)28-7-2-5-26(19-28)22-41/h2-21H,23-24H2,1H3,(H2,42,43). The molecule has 0 bridgehead atoms. The van der Waals surface area contributed by atoms with Crippen molar-refractivity contribution >= 4 is 29.4 Å². The molecular weight excluding hydrogens is 613 g/mol. The fourth-order valence-electron chi connectivity index (χ4n) is 5.80. The van der Waals surface area contributed by atoms with E-state index in [4.69, 9.17) is 22.3 Å². The summed E-state index contributed by atoms with van der Waals surface area (Å²) in [4.78, 5) is 35.6. The van der Waals surface area contributed by atoms with Crippen molar-refractivity contribution in [3.63, 3.8) is 0 Å². The lowest BCUT2D eigenvalue weighted by Crippen LogP contribution is -2.43. The maximum atomic E-state index is 14.5. The molecule has 232 valence electrons. The second kappa shape index (κ2) is 12.9. The van der Waals surface area contributed by atoms with Crippen molar-refractivity contribution < 1.29 is 14.0 Å². The molecule has 2 amide bonds. The minimum Gasteiger partial charge on any atom is -0.369 e. The van der Waals surface area contributed by atoms with E-state index in [2.05, 4.69) is 6.07 Å². The van der Waals surface area contributed by atoms with Crippen LogP contribution in [0.25, 0.3) is 11.1 Å². The monoisotopic (exact) mass is 641 g/mol. The summed E-state index contributed by atoms with van der Waals surface area (Å²) >= 11 is 6.00. The molecule has 0 fully saturated rings. The zero-order chi connectivity index (χ0) is 33.1. The van der Waals surface area contributed by atoms with Crippen molar-refractivity contribution in [3.8, 4) is 17.2 Å². The molecular formula is C38H29ClFN5O2. The molecule has 5 aromatic carbocycles. The van der Waals surface area contributed by atoms with Gasteiger partial charge in [-0.2, -0.15) is 5.26 Å². The predicted octanol–water partition coefficient (Wildman–Crippen LogP) is 6.89. The Balaban J connectivity index is 1.32. The molecule has 2 N–H and O–H groups in total.